The van der Waals surface area contributed by atoms with Gasteiger partial charge in [-0.3, -0.25) is 4.79 Å². The Morgan fingerprint density at radius 2 is 1.75 bits per heavy atom. The van der Waals surface area contributed by atoms with Gasteiger partial charge in [-0.25, -0.2) is 4.68 Å². The van der Waals surface area contributed by atoms with E-state index in [1.807, 2.05) is 6.07 Å². The lowest BCUT2D eigenvalue weighted by molar-refractivity contribution is -0.141. The molecule has 0 aliphatic carbocycles. The minimum absolute atomic E-state index is 0.122. The van der Waals surface area contributed by atoms with Gasteiger partial charge in [-0.15, -0.1) is 0 Å². The second-order valence-electron chi connectivity index (χ2n) is 7.75. The number of hydrogen-bond acceptors (Lipinski definition) is 5. The topological polar surface area (TPSA) is 100 Å². The Morgan fingerprint density at radius 1 is 1.06 bits per heavy atom. The molecule has 2 N–H and O–H groups in total. The maximum Gasteiger partial charge on any atom is 0.435 e. The fraction of sp³-hybridized carbons (Fsp3) is 0.115. The van der Waals surface area contributed by atoms with Crippen molar-refractivity contribution in [1.29, 1.82) is 5.26 Å². The smallest absolute Gasteiger partial charge is 0.435 e. The first kappa shape index (κ1) is 24.5. The number of benzene rings is 3. The molecular formula is C26H19F3N4O3. The normalized spacial score (nSPS) is 12.0. The molecule has 10 heteroatoms. The fourth-order valence-corrected chi connectivity index (χ4v) is 3.57. The molecule has 182 valence electrons. The molecule has 0 bridgehead atoms. The van der Waals surface area contributed by atoms with Gasteiger partial charge in [-0.2, -0.15) is 23.5 Å². The van der Waals surface area contributed by atoms with Gasteiger partial charge in [0, 0.05) is 11.8 Å². The van der Waals surface area contributed by atoms with Gasteiger partial charge in [0.1, 0.15) is 17.5 Å². The molecule has 0 radical (unpaired) electrons. The summed E-state index contributed by atoms with van der Waals surface area (Å²) in [5.41, 5.74) is -0.0469. The molecule has 0 spiro atoms. The lowest BCUT2D eigenvalue weighted by Gasteiger charge is -2.14. The second-order valence-corrected chi connectivity index (χ2v) is 7.75. The van der Waals surface area contributed by atoms with Crippen LogP contribution in [0.1, 0.15) is 39.0 Å². The molecule has 4 rings (SSSR count). The number of aromatic nitrogens is 2. The minimum Gasteiger partial charge on any atom is -0.497 e. The van der Waals surface area contributed by atoms with Gasteiger partial charge in [0.05, 0.1) is 24.4 Å². The predicted molar refractivity (Wildman–Crippen MR) is 125 cm³/mol. The molecule has 7 nitrogen and oxygen atoms in total. The van der Waals surface area contributed by atoms with E-state index >= 15 is 0 Å². The van der Waals surface area contributed by atoms with Crippen LogP contribution in [0.2, 0.25) is 0 Å². The SMILES string of the molecule is COc1cccc(C(O)c2cccc(NC(=O)c3cc(C(F)(F)F)nn3-c3cccc(C#N)c3)c2)c1. The molecule has 3 aromatic carbocycles. The zero-order valence-corrected chi connectivity index (χ0v) is 18.8. The van der Waals surface area contributed by atoms with Crippen LogP contribution in [-0.2, 0) is 6.18 Å². The summed E-state index contributed by atoms with van der Waals surface area (Å²) in [5.74, 6) is -0.293. The third kappa shape index (κ3) is 5.21. The van der Waals surface area contributed by atoms with E-state index in [2.05, 4.69) is 10.4 Å². The van der Waals surface area contributed by atoms with Crippen molar-refractivity contribution in [2.75, 3.05) is 12.4 Å². The van der Waals surface area contributed by atoms with Crippen LogP contribution in [0.3, 0.4) is 0 Å². The summed E-state index contributed by atoms with van der Waals surface area (Å²) in [6.07, 6.45) is -5.82. The van der Waals surface area contributed by atoms with Crippen molar-refractivity contribution >= 4 is 11.6 Å². The Morgan fingerprint density at radius 3 is 2.44 bits per heavy atom. The molecular weight excluding hydrogens is 473 g/mol. The average molecular weight is 492 g/mol. The molecule has 1 unspecified atom stereocenters. The quantitative estimate of drug-likeness (QED) is 0.390. The Balaban J connectivity index is 1.66. The number of rotatable bonds is 6. The van der Waals surface area contributed by atoms with Crippen LogP contribution < -0.4 is 10.1 Å². The molecule has 36 heavy (non-hydrogen) atoms. The highest BCUT2D eigenvalue weighted by atomic mass is 19.4. The van der Waals surface area contributed by atoms with E-state index in [1.54, 1.807) is 42.5 Å². The van der Waals surface area contributed by atoms with Crippen LogP contribution in [0, 0.1) is 11.3 Å². The molecule has 1 atom stereocenters. The number of hydrogen-bond donors (Lipinski definition) is 2. The number of amides is 1. The number of nitrogens with one attached hydrogen (secondary N) is 1. The first-order valence-electron chi connectivity index (χ1n) is 10.6. The van der Waals surface area contributed by atoms with E-state index in [0.717, 1.165) is 4.68 Å². The number of carbonyl (C=O) groups is 1. The van der Waals surface area contributed by atoms with Crippen molar-refractivity contribution < 1.29 is 27.8 Å². The number of nitrogens with zero attached hydrogens (tertiary/aromatic N) is 3. The summed E-state index contributed by atoms with van der Waals surface area (Å²) in [5, 5.41) is 26.0. The van der Waals surface area contributed by atoms with Gasteiger partial charge in [0.15, 0.2) is 5.69 Å². The number of nitriles is 1. The van der Waals surface area contributed by atoms with Crippen molar-refractivity contribution in [3.05, 3.63) is 107 Å². The second kappa shape index (κ2) is 9.93. The summed E-state index contributed by atoms with van der Waals surface area (Å²) in [7, 11) is 1.51. The third-order valence-corrected chi connectivity index (χ3v) is 5.32. The molecule has 0 fully saturated rings. The highest BCUT2D eigenvalue weighted by Gasteiger charge is 2.36. The van der Waals surface area contributed by atoms with E-state index in [1.165, 1.54) is 37.4 Å². The number of methoxy groups -OCH3 is 1. The van der Waals surface area contributed by atoms with Gasteiger partial charge in [0.2, 0.25) is 0 Å². The Labute approximate surface area is 204 Å². The van der Waals surface area contributed by atoms with Gasteiger partial charge in [-0.05, 0) is 53.6 Å². The van der Waals surface area contributed by atoms with Crippen LogP contribution in [0.25, 0.3) is 5.69 Å². The van der Waals surface area contributed by atoms with Crippen molar-refractivity contribution in [3.8, 4) is 17.5 Å². The van der Waals surface area contributed by atoms with E-state index < -0.39 is 23.9 Å². The molecule has 1 aromatic heterocycles. The van der Waals surface area contributed by atoms with E-state index in [-0.39, 0.29) is 22.6 Å². The van der Waals surface area contributed by atoms with Crippen LogP contribution in [-0.4, -0.2) is 27.9 Å². The molecule has 1 amide bonds. The fourth-order valence-electron chi connectivity index (χ4n) is 3.57. The average Bonchev–Trinajstić information content (AvgIpc) is 3.35. The van der Waals surface area contributed by atoms with Crippen LogP contribution in [0.15, 0.2) is 78.9 Å². The van der Waals surface area contributed by atoms with Crippen LogP contribution in [0.4, 0.5) is 18.9 Å². The summed E-state index contributed by atoms with van der Waals surface area (Å²) in [4.78, 5) is 13.1. The number of aliphatic hydroxyl groups excluding tert-OH is 1. The Kier molecular flexibility index (Phi) is 6.76. The first-order chi connectivity index (χ1) is 17.2. The van der Waals surface area contributed by atoms with E-state index in [4.69, 9.17) is 10.00 Å². The standard InChI is InChI=1S/C26H19F3N4O3/c1-36-21-10-4-7-18(13-21)24(34)17-6-3-8-19(12-17)31-25(35)22-14-23(26(27,28)29)32-33(22)20-9-2-5-16(11-20)15-30/h2-14,24,34H,1H3,(H,31,35). The zero-order chi connectivity index (χ0) is 25.9. The molecule has 0 aliphatic heterocycles. The third-order valence-electron chi connectivity index (χ3n) is 5.32. The molecule has 0 saturated heterocycles. The molecule has 1 heterocycles. The lowest BCUT2D eigenvalue weighted by atomic mass is 10.0. The lowest BCUT2D eigenvalue weighted by Crippen LogP contribution is -2.17. The monoisotopic (exact) mass is 492 g/mol. The number of alkyl halides is 3. The molecule has 0 aliphatic rings. The Bertz CT molecular complexity index is 1460. The minimum atomic E-state index is -4.78. The van der Waals surface area contributed by atoms with Crippen molar-refractivity contribution in [2.45, 2.75) is 12.3 Å². The highest BCUT2D eigenvalue weighted by molar-refractivity contribution is 6.03. The van der Waals surface area contributed by atoms with Gasteiger partial charge in [0.25, 0.3) is 5.91 Å². The maximum absolute atomic E-state index is 13.4. The molecule has 4 aromatic rings. The number of anilines is 1. The van der Waals surface area contributed by atoms with E-state index in [9.17, 15) is 23.1 Å². The molecule has 0 saturated carbocycles. The van der Waals surface area contributed by atoms with Crippen molar-refractivity contribution in [1.82, 2.24) is 9.78 Å². The maximum atomic E-state index is 13.4. The number of carbonyl (C=O) groups excluding carboxylic acids is 1. The van der Waals surface area contributed by atoms with Crippen LogP contribution >= 0.6 is 0 Å². The summed E-state index contributed by atoms with van der Waals surface area (Å²) in [6, 6.07) is 21.4. The van der Waals surface area contributed by atoms with Crippen LogP contribution in [0.5, 0.6) is 5.75 Å². The number of aliphatic hydroxyl groups is 1. The van der Waals surface area contributed by atoms with E-state index in [0.29, 0.717) is 22.9 Å². The van der Waals surface area contributed by atoms with Gasteiger partial charge >= 0.3 is 6.18 Å². The highest BCUT2D eigenvalue weighted by Crippen LogP contribution is 2.31. The van der Waals surface area contributed by atoms with Gasteiger partial charge < -0.3 is 15.2 Å². The summed E-state index contributed by atoms with van der Waals surface area (Å²) < 4.78 is 46.2. The summed E-state index contributed by atoms with van der Waals surface area (Å²) in [6.45, 7) is 0. The number of halogens is 3. The van der Waals surface area contributed by atoms with Crippen molar-refractivity contribution in [3.63, 3.8) is 0 Å². The first-order valence-corrected chi connectivity index (χ1v) is 10.6. The predicted octanol–water partition coefficient (Wildman–Crippen LogP) is 5.11. The zero-order valence-electron chi connectivity index (χ0n) is 18.8. The summed E-state index contributed by atoms with van der Waals surface area (Å²) >= 11 is 0. The largest absolute Gasteiger partial charge is 0.497 e. The number of ether oxygens (including phenoxy) is 1. The Hall–Kier alpha value is -4.62. The van der Waals surface area contributed by atoms with Gasteiger partial charge in [-0.1, -0.05) is 30.3 Å². The van der Waals surface area contributed by atoms with Crippen molar-refractivity contribution in [2.24, 2.45) is 0 Å².